The summed E-state index contributed by atoms with van der Waals surface area (Å²) in [5.74, 6) is 0. The van der Waals surface area contributed by atoms with E-state index in [1.54, 1.807) is 0 Å². The largest absolute Gasteiger partial charge is 0.444 e. The standard InChI is InChI=1S/C25H25BrClNO2/c1-25(2,3)30-24(29)28-12-10-16(11-13-28)23-19-7-5-4-6-17(19)14-22(26)21-15-18(27)8-9-20(21)23/h4-9,14-15H,10-13H2,1-3H3. The Morgan fingerprint density at radius 1 is 1.03 bits per heavy atom. The molecule has 1 aliphatic heterocycles. The van der Waals surface area contributed by atoms with Crippen molar-refractivity contribution >= 4 is 49.8 Å². The average molecular weight is 487 g/mol. The van der Waals surface area contributed by atoms with E-state index in [0.717, 1.165) is 22.9 Å². The lowest BCUT2D eigenvalue weighted by Crippen LogP contribution is -2.40. The lowest BCUT2D eigenvalue weighted by Gasteiger charge is -2.32. The molecule has 2 aromatic rings. The average Bonchev–Trinajstić information content (AvgIpc) is 2.81. The van der Waals surface area contributed by atoms with Crippen LogP contribution in [-0.2, 0) is 4.74 Å². The minimum atomic E-state index is -0.480. The Morgan fingerprint density at radius 2 is 1.73 bits per heavy atom. The minimum Gasteiger partial charge on any atom is -0.444 e. The third kappa shape index (κ3) is 4.35. The highest BCUT2D eigenvalue weighted by atomic mass is 79.9. The SMILES string of the molecule is CC(C)(C)OC(=O)N1CCC(=C2c3ccccc3C=C(Br)c3cc(Cl)ccc32)CC1. The normalized spacial score (nSPS) is 16.4. The number of halogens is 2. The summed E-state index contributed by atoms with van der Waals surface area (Å²) in [5.41, 5.74) is 6.80. The van der Waals surface area contributed by atoms with E-state index in [1.807, 2.05) is 37.8 Å². The van der Waals surface area contributed by atoms with Gasteiger partial charge in [-0.2, -0.15) is 0 Å². The molecule has 2 aromatic carbocycles. The molecule has 0 saturated carbocycles. The van der Waals surface area contributed by atoms with Crippen LogP contribution in [0.4, 0.5) is 4.79 Å². The zero-order valence-electron chi connectivity index (χ0n) is 17.5. The lowest BCUT2D eigenvalue weighted by molar-refractivity contribution is 0.0236. The number of hydrogen-bond donors (Lipinski definition) is 0. The molecule has 3 nitrogen and oxygen atoms in total. The smallest absolute Gasteiger partial charge is 0.410 e. The summed E-state index contributed by atoms with van der Waals surface area (Å²) in [6.07, 6.45) is 3.57. The van der Waals surface area contributed by atoms with Gasteiger partial charge in [0.05, 0.1) is 0 Å². The third-order valence-electron chi connectivity index (χ3n) is 5.39. The molecule has 5 heteroatoms. The molecule has 1 fully saturated rings. The summed E-state index contributed by atoms with van der Waals surface area (Å²) in [7, 11) is 0. The predicted octanol–water partition coefficient (Wildman–Crippen LogP) is 7.38. The monoisotopic (exact) mass is 485 g/mol. The van der Waals surface area contributed by atoms with Crippen molar-refractivity contribution in [3.05, 3.63) is 75.3 Å². The molecule has 0 N–H and O–H groups in total. The van der Waals surface area contributed by atoms with Gasteiger partial charge in [0.2, 0.25) is 0 Å². The zero-order chi connectivity index (χ0) is 21.5. The number of carbonyl (C=O) groups excluding carboxylic acids is 1. The molecule has 0 atom stereocenters. The summed E-state index contributed by atoms with van der Waals surface area (Å²) in [5, 5.41) is 0.717. The molecule has 1 amide bonds. The fraction of sp³-hybridized carbons (Fsp3) is 0.320. The molecule has 156 valence electrons. The first kappa shape index (κ1) is 21.2. The van der Waals surface area contributed by atoms with E-state index in [9.17, 15) is 4.79 Å². The van der Waals surface area contributed by atoms with E-state index in [1.165, 1.54) is 27.8 Å². The maximum atomic E-state index is 12.5. The van der Waals surface area contributed by atoms with Crippen molar-refractivity contribution in [1.82, 2.24) is 4.90 Å². The highest BCUT2D eigenvalue weighted by Crippen LogP contribution is 2.43. The van der Waals surface area contributed by atoms with E-state index >= 15 is 0 Å². The number of amides is 1. The Morgan fingerprint density at radius 3 is 2.43 bits per heavy atom. The predicted molar refractivity (Wildman–Crippen MR) is 128 cm³/mol. The maximum absolute atomic E-state index is 12.5. The van der Waals surface area contributed by atoms with Crippen molar-refractivity contribution in [3.63, 3.8) is 0 Å². The van der Waals surface area contributed by atoms with Gasteiger partial charge in [-0.1, -0.05) is 63.4 Å². The fourth-order valence-electron chi connectivity index (χ4n) is 4.06. The van der Waals surface area contributed by atoms with Crippen LogP contribution in [0.25, 0.3) is 16.1 Å². The second-order valence-corrected chi connectivity index (χ2v) is 10.0. The molecule has 0 unspecified atom stereocenters. The number of piperidine rings is 1. The molecule has 4 rings (SSSR count). The minimum absolute atomic E-state index is 0.232. The van der Waals surface area contributed by atoms with Gasteiger partial charge in [0, 0.05) is 22.6 Å². The Bertz CT molecular complexity index is 1060. The van der Waals surface area contributed by atoms with Gasteiger partial charge in [-0.05, 0) is 79.6 Å². The molecular formula is C25H25BrClNO2. The summed E-state index contributed by atoms with van der Waals surface area (Å²) in [6, 6.07) is 14.5. The number of hydrogen-bond acceptors (Lipinski definition) is 2. The van der Waals surface area contributed by atoms with Crippen LogP contribution in [0.1, 0.15) is 55.9 Å². The molecule has 0 spiro atoms. The van der Waals surface area contributed by atoms with Crippen molar-refractivity contribution in [3.8, 4) is 0 Å². The number of rotatable bonds is 0. The lowest BCUT2D eigenvalue weighted by atomic mass is 9.86. The van der Waals surface area contributed by atoms with Crippen LogP contribution >= 0.6 is 27.5 Å². The second-order valence-electron chi connectivity index (χ2n) is 8.72. The Hall–Kier alpha value is -2.04. The molecule has 1 aliphatic carbocycles. The number of carbonyl (C=O) groups is 1. The van der Waals surface area contributed by atoms with E-state index in [-0.39, 0.29) is 6.09 Å². The van der Waals surface area contributed by atoms with E-state index in [4.69, 9.17) is 16.3 Å². The van der Waals surface area contributed by atoms with Gasteiger partial charge in [0.1, 0.15) is 5.60 Å². The third-order valence-corrected chi connectivity index (χ3v) is 6.28. The topological polar surface area (TPSA) is 29.5 Å². The zero-order valence-corrected chi connectivity index (χ0v) is 19.8. The molecule has 0 bridgehead atoms. The van der Waals surface area contributed by atoms with Gasteiger partial charge in [-0.15, -0.1) is 0 Å². The molecule has 0 radical (unpaired) electrons. The number of fused-ring (bicyclic) bond motifs is 2. The number of likely N-dealkylation sites (tertiary alicyclic amines) is 1. The highest BCUT2D eigenvalue weighted by Gasteiger charge is 2.28. The van der Waals surface area contributed by atoms with Gasteiger partial charge in [0.25, 0.3) is 0 Å². The molecule has 30 heavy (non-hydrogen) atoms. The molecule has 1 heterocycles. The first-order valence-electron chi connectivity index (χ1n) is 10.2. The molecule has 1 saturated heterocycles. The van der Waals surface area contributed by atoms with Crippen molar-refractivity contribution in [2.45, 2.75) is 39.2 Å². The van der Waals surface area contributed by atoms with Crippen LogP contribution in [-0.4, -0.2) is 29.7 Å². The van der Waals surface area contributed by atoms with Crippen molar-refractivity contribution in [1.29, 1.82) is 0 Å². The van der Waals surface area contributed by atoms with Crippen LogP contribution in [0.15, 0.2) is 48.0 Å². The Balaban J connectivity index is 1.74. The second kappa shape index (κ2) is 8.24. The maximum Gasteiger partial charge on any atom is 0.410 e. The van der Waals surface area contributed by atoms with Crippen LogP contribution < -0.4 is 0 Å². The summed E-state index contributed by atoms with van der Waals surface area (Å²) in [4.78, 5) is 14.3. The highest BCUT2D eigenvalue weighted by molar-refractivity contribution is 9.15. The molecular weight excluding hydrogens is 462 g/mol. The van der Waals surface area contributed by atoms with Gasteiger partial charge in [0.15, 0.2) is 0 Å². The summed E-state index contributed by atoms with van der Waals surface area (Å²) < 4.78 is 6.58. The number of benzene rings is 2. The number of nitrogens with zero attached hydrogens (tertiary/aromatic N) is 1. The van der Waals surface area contributed by atoms with E-state index < -0.39 is 5.60 Å². The summed E-state index contributed by atoms with van der Waals surface area (Å²) in [6.45, 7) is 7.02. The van der Waals surface area contributed by atoms with Crippen molar-refractivity contribution in [2.24, 2.45) is 0 Å². The fourth-order valence-corrected chi connectivity index (χ4v) is 4.81. The van der Waals surface area contributed by atoms with Crippen LogP contribution in [0.2, 0.25) is 5.02 Å². The molecule has 2 aliphatic rings. The quantitative estimate of drug-likeness (QED) is 0.389. The van der Waals surface area contributed by atoms with Gasteiger partial charge < -0.3 is 9.64 Å². The first-order chi connectivity index (χ1) is 14.2. The van der Waals surface area contributed by atoms with Crippen LogP contribution in [0.5, 0.6) is 0 Å². The summed E-state index contributed by atoms with van der Waals surface area (Å²) >= 11 is 10.1. The van der Waals surface area contributed by atoms with Crippen molar-refractivity contribution in [2.75, 3.05) is 13.1 Å². The Labute approximate surface area is 191 Å². The molecule has 0 aromatic heterocycles. The Kier molecular flexibility index (Phi) is 5.82. The van der Waals surface area contributed by atoms with Gasteiger partial charge in [-0.3, -0.25) is 0 Å². The van der Waals surface area contributed by atoms with Crippen LogP contribution in [0, 0.1) is 0 Å². The number of ether oxygens (including phenoxy) is 1. The van der Waals surface area contributed by atoms with Gasteiger partial charge >= 0.3 is 6.09 Å². The van der Waals surface area contributed by atoms with E-state index in [0.29, 0.717) is 18.1 Å². The first-order valence-corrected chi connectivity index (χ1v) is 11.4. The van der Waals surface area contributed by atoms with Gasteiger partial charge in [-0.25, -0.2) is 4.79 Å². The van der Waals surface area contributed by atoms with E-state index in [2.05, 4.69) is 52.3 Å². The van der Waals surface area contributed by atoms with Crippen LogP contribution in [0.3, 0.4) is 0 Å². The van der Waals surface area contributed by atoms with Crippen molar-refractivity contribution < 1.29 is 9.53 Å².